The molecule has 0 unspecified atom stereocenters. The Morgan fingerprint density at radius 2 is 2.25 bits per heavy atom. The number of nitrogens with one attached hydrogen (secondary N) is 2. The van der Waals surface area contributed by atoms with Gasteiger partial charge >= 0.3 is 0 Å². The van der Waals surface area contributed by atoms with Gasteiger partial charge in [-0.1, -0.05) is 0 Å². The molecule has 1 amide bonds. The van der Waals surface area contributed by atoms with E-state index in [1.807, 2.05) is 0 Å². The molecule has 0 aliphatic carbocycles. The highest BCUT2D eigenvalue weighted by atomic mass is 16.3. The number of aromatic nitrogens is 4. The van der Waals surface area contributed by atoms with Crippen molar-refractivity contribution in [1.29, 1.82) is 0 Å². The molecule has 0 spiro atoms. The van der Waals surface area contributed by atoms with Gasteiger partial charge in [0.15, 0.2) is 11.2 Å². The minimum Gasteiger partial charge on any atom is -0.456 e. The standard InChI is InChI=1S/C16H15N5O3/c1-9-4-11(22)5-14(24-9)16(23)21-3-2-12-13(8-21)20-15(19-12)10-6-17-18-7-10/h4-7H,2-3,8H2,1H3,(H,17,18)(H,19,20). The van der Waals surface area contributed by atoms with Crippen molar-refractivity contribution in [3.05, 3.63) is 57.7 Å². The van der Waals surface area contributed by atoms with Gasteiger partial charge in [0.05, 0.1) is 29.7 Å². The van der Waals surface area contributed by atoms with Crippen LogP contribution >= 0.6 is 0 Å². The topological polar surface area (TPSA) is 108 Å². The Morgan fingerprint density at radius 1 is 1.38 bits per heavy atom. The van der Waals surface area contributed by atoms with E-state index in [2.05, 4.69) is 20.2 Å². The average Bonchev–Trinajstić information content (AvgIpc) is 3.21. The van der Waals surface area contributed by atoms with E-state index in [0.29, 0.717) is 25.3 Å². The predicted molar refractivity (Wildman–Crippen MR) is 84.3 cm³/mol. The number of H-pyrrole nitrogens is 2. The van der Waals surface area contributed by atoms with Crippen molar-refractivity contribution in [1.82, 2.24) is 25.1 Å². The molecule has 0 radical (unpaired) electrons. The lowest BCUT2D eigenvalue weighted by atomic mass is 10.1. The fourth-order valence-corrected chi connectivity index (χ4v) is 2.85. The molecule has 1 aliphatic rings. The first-order chi connectivity index (χ1) is 11.6. The molecule has 0 atom stereocenters. The highest BCUT2D eigenvalue weighted by Gasteiger charge is 2.26. The molecule has 1 aliphatic heterocycles. The first-order valence-corrected chi connectivity index (χ1v) is 7.58. The van der Waals surface area contributed by atoms with Crippen molar-refractivity contribution in [2.24, 2.45) is 0 Å². The number of aromatic amines is 2. The summed E-state index contributed by atoms with van der Waals surface area (Å²) in [5.41, 5.74) is 2.47. The smallest absolute Gasteiger partial charge is 0.290 e. The van der Waals surface area contributed by atoms with E-state index >= 15 is 0 Å². The molecule has 0 fully saturated rings. The number of amides is 1. The van der Waals surface area contributed by atoms with E-state index in [-0.39, 0.29) is 17.1 Å². The third kappa shape index (κ3) is 2.51. The molecule has 122 valence electrons. The van der Waals surface area contributed by atoms with E-state index < -0.39 is 0 Å². The zero-order valence-corrected chi connectivity index (χ0v) is 13.0. The Morgan fingerprint density at radius 3 is 3.00 bits per heavy atom. The number of hydrogen-bond donors (Lipinski definition) is 2. The monoisotopic (exact) mass is 325 g/mol. The fraction of sp³-hybridized carbons (Fsp3) is 0.250. The second-order valence-electron chi connectivity index (χ2n) is 5.74. The molecule has 0 saturated carbocycles. The van der Waals surface area contributed by atoms with Crippen LogP contribution in [0.25, 0.3) is 11.4 Å². The van der Waals surface area contributed by atoms with Crippen molar-refractivity contribution in [3.63, 3.8) is 0 Å². The molecule has 4 heterocycles. The van der Waals surface area contributed by atoms with E-state index in [4.69, 9.17) is 4.42 Å². The number of aryl methyl sites for hydroxylation is 1. The van der Waals surface area contributed by atoms with E-state index in [0.717, 1.165) is 22.8 Å². The maximum absolute atomic E-state index is 12.6. The summed E-state index contributed by atoms with van der Waals surface area (Å²) in [4.78, 5) is 33.6. The number of nitrogens with zero attached hydrogens (tertiary/aromatic N) is 3. The Bertz CT molecular complexity index is 955. The summed E-state index contributed by atoms with van der Waals surface area (Å²) >= 11 is 0. The molecule has 4 rings (SSSR count). The van der Waals surface area contributed by atoms with Crippen molar-refractivity contribution >= 4 is 5.91 Å². The van der Waals surface area contributed by atoms with Gasteiger partial charge in [0.1, 0.15) is 11.6 Å². The molecule has 3 aromatic rings. The molecular formula is C16H15N5O3. The van der Waals surface area contributed by atoms with Crippen LogP contribution in [-0.4, -0.2) is 37.5 Å². The highest BCUT2D eigenvalue weighted by molar-refractivity contribution is 5.91. The maximum Gasteiger partial charge on any atom is 0.290 e. The van der Waals surface area contributed by atoms with Gasteiger partial charge < -0.3 is 14.3 Å². The number of hydrogen-bond acceptors (Lipinski definition) is 5. The van der Waals surface area contributed by atoms with Gasteiger partial charge in [0.2, 0.25) is 0 Å². The van der Waals surface area contributed by atoms with Crippen LogP contribution in [-0.2, 0) is 13.0 Å². The summed E-state index contributed by atoms with van der Waals surface area (Å²) in [6.07, 6.45) is 4.09. The number of rotatable bonds is 2. The Kier molecular flexibility index (Phi) is 3.30. The quantitative estimate of drug-likeness (QED) is 0.737. The molecule has 0 saturated heterocycles. The molecule has 24 heavy (non-hydrogen) atoms. The zero-order chi connectivity index (χ0) is 16.7. The number of carbonyl (C=O) groups excluding carboxylic acids is 1. The van der Waals surface area contributed by atoms with Crippen LogP contribution in [0.4, 0.5) is 0 Å². The van der Waals surface area contributed by atoms with Gasteiger partial charge in [-0.25, -0.2) is 4.98 Å². The van der Waals surface area contributed by atoms with Crippen molar-refractivity contribution in [2.45, 2.75) is 19.9 Å². The molecular weight excluding hydrogens is 310 g/mol. The highest BCUT2D eigenvalue weighted by Crippen LogP contribution is 2.23. The average molecular weight is 325 g/mol. The third-order valence-corrected chi connectivity index (χ3v) is 3.99. The number of fused-ring (bicyclic) bond motifs is 1. The van der Waals surface area contributed by atoms with Crippen molar-refractivity contribution in [2.75, 3.05) is 6.54 Å². The van der Waals surface area contributed by atoms with Gasteiger partial charge in [0, 0.05) is 31.3 Å². The summed E-state index contributed by atoms with van der Waals surface area (Å²) in [6.45, 7) is 2.58. The molecule has 0 bridgehead atoms. The van der Waals surface area contributed by atoms with Crippen LogP contribution < -0.4 is 5.43 Å². The van der Waals surface area contributed by atoms with Crippen LogP contribution in [0.15, 0.2) is 33.7 Å². The summed E-state index contributed by atoms with van der Waals surface area (Å²) in [7, 11) is 0. The van der Waals surface area contributed by atoms with E-state index in [9.17, 15) is 9.59 Å². The SMILES string of the molecule is Cc1cc(=O)cc(C(=O)N2CCc3nc(-c4cn[nH]c4)[nH]c3C2)o1. The van der Waals surface area contributed by atoms with Crippen molar-refractivity contribution in [3.8, 4) is 11.4 Å². The van der Waals surface area contributed by atoms with Crippen molar-refractivity contribution < 1.29 is 9.21 Å². The van der Waals surface area contributed by atoms with Gasteiger partial charge in [-0.05, 0) is 6.92 Å². The summed E-state index contributed by atoms with van der Waals surface area (Å²) in [6, 6.07) is 2.59. The third-order valence-electron chi connectivity index (χ3n) is 3.99. The van der Waals surface area contributed by atoms with Gasteiger partial charge in [-0.15, -0.1) is 0 Å². The summed E-state index contributed by atoms with van der Waals surface area (Å²) in [5, 5.41) is 6.66. The second kappa shape index (κ2) is 5.48. The van der Waals surface area contributed by atoms with Gasteiger partial charge in [-0.3, -0.25) is 14.7 Å². The summed E-state index contributed by atoms with van der Waals surface area (Å²) < 4.78 is 5.40. The minimum atomic E-state index is -0.291. The Hall–Kier alpha value is -3.16. The summed E-state index contributed by atoms with van der Waals surface area (Å²) in [5.74, 6) is 0.927. The maximum atomic E-state index is 12.6. The molecule has 8 heteroatoms. The van der Waals surface area contributed by atoms with Crippen LogP contribution in [0.3, 0.4) is 0 Å². The lowest BCUT2D eigenvalue weighted by Crippen LogP contribution is -2.36. The lowest BCUT2D eigenvalue weighted by Gasteiger charge is -2.25. The molecule has 3 aromatic heterocycles. The second-order valence-corrected chi connectivity index (χ2v) is 5.74. The van der Waals surface area contributed by atoms with Gasteiger partial charge in [-0.2, -0.15) is 5.10 Å². The Balaban J connectivity index is 1.60. The van der Waals surface area contributed by atoms with Crippen LogP contribution in [0.2, 0.25) is 0 Å². The van der Waals surface area contributed by atoms with Crippen LogP contribution in [0.5, 0.6) is 0 Å². The van der Waals surface area contributed by atoms with E-state index in [1.165, 1.54) is 12.1 Å². The largest absolute Gasteiger partial charge is 0.456 e. The predicted octanol–water partition coefficient (Wildman–Crippen LogP) is 1.26. The fourth-order valence-electron chi connectivity index (χ4n) is 2.85. The Labute approximate surface area is 136 Å². The number of carbonyl (C=O) groups is 1. The molecule has 2 N–H and O–H groups in total. The van der Waals surface area contributed by atoms with Crippen LogP contribution in [0, 0.1) is 6.92 Å². The van der Waals surface area contributed by atoms with Gasteiger partial charge in [0.25, 0.3) is 5.91 Å². The molecule has 0 aromatic carbocycles. The molecule has 8 nitrogen and oxygen atoms in total. The minimum absolute atomic E-state index is 0.0676. The zero-order valence-electron chi connectivity index (χ0n) is 13.0. The normalized spacial score (nSPS) is 13.8. The van der Waals surface area contributed by atoms with Crippen LogP contribution in [0.1, 0.15) is 27.7 Å². The lowest BCUT2D eigenvalue weighted by molar-refractivity contribution is 0.0695. The number of imidazole rings is 1. The first kappa shape index (κ1) is 14.4. The first-order valence-electron chi connectivity index (χ1n) is 7.58. The van der Waals surface area contributed by atoms with E-state index in [1.54, 1.807) is 24.2 Å².